The van der Waals surface area contributed by atoms with Crippen LogP contribution in [0.5, 0.6) is 5.75 Å². The number of nitrogens with one attached hydrogen (secondary N) is 1. The minimum absolute atomic E-state index is 0.00563. The average molecular weight is 464 g/mol. The number of nitriles is 1. The van der Waals surface area contributed by atoms with Gasteiger partial charge in [-0.15, -0.1) is 0 Å². The Morgan fingerprint density at radius 1 is 1.28 bits per heavy atom. The molecule has 128 valence electrons. The van der Waals surface area contributed by atoms with Gasteiger partial charge in [0.05, 0.1) is 17.6 Å². The molecule has 6 heteroatoms. The van der Waals surface area contributed by atoms with E-state index in [0.29, 0.717) is 11.3 Å². The lowest BCUT2D eigenvalue weighted by atomic mass is 10.1. The zero-order chi connectivity index (χ0) is 18.4. The van der Waals surface area contributed by atoms with Crippen molar-refractivity contribution in [3.8, 4) is 11.8 Å². The van der Waals surface area contributed by atoms with Crippen LogP contribution in [-0.4, -0.2) is 13.0 Å². The second-order valence-electron chi connectivity index (χ2n) is 5.29. The normalized spacial score (nSPS) is 12.2. The molecule has 0 fully saturated rings. The van der Waals surface area contributed by atoms with Gasteiger partial charge in [-0.1, -0.05) is 46.3 Å². The zero-order valence-electron chi connectivity index (χ0n) is 13.7. The molecule has 25 heavy (non-hydrogen) atoms. The number of halogens is 2. The van der Waals surface area contributed by atoms with Crippen LogP contribution in [0.1, 0.15) is 24.1 Å². The number of hydrogen-bond donors (Lipinski definition) is 1. The van der Waals surface area contributed by atoms with E-state index in [9.17, 15) is 10.1 Å². The standard InChI is InChI=1S/C19H16Br2N2O2/c1-12(13-6-4-3-5-7-13)23-19(24)15(11-22)8-14-9-16(20)10-17(21)18(14)25-2/h3-10,12H,1-2H3,(H,23,24)/b15-8+. The van der Waals surface area contributed by atoms with Gasteiger partial charge in [-0.2, -0.15) is 5.26 Å². The molecule has 1 unspecified atom stereocenters. The molecule has 4 nitrogen and oxygen atoms in total. The largest absolute Gasteiger partial charge is 0.495 e. The fourth-order valence-electron chi connectivity index (χ4n) is 2.31. The predicted molar refractivity (Wildman–Crippen MR) is 105 cm³/mol. The maximum atomic E-state index is 12.5. The van der Waals surface area contributed by atoms with Gasteiger partial charge < -0.3 is 10.1 Å². The van der Waals surface area contributed by atoms with Crippen LogP contribution in [-0.2, 0) is 4.79 Å². The first-order valence-electron chi connectivity index (χ1n) is 7.47. The number of benzene rings is 2. The van der Waals surface area contributed by atoms with Gasteiger partial charge in [-0.3, -0.25) is 4.79 Å². The highest BCUT2D eigenvalue weighted by molar-refractivity contribution is 9.11. The summed E-state index contributed by atoms with van der Waals surface area (Å²) in [5.41, 5.74) is 1.60. The van der Waals surface area contributed by atoms with Crippen molar-refractivity contribution < 1.29 is 9.53 Å². The third-order valence-corrected chi connectivity index (χ3v) is 4.60. The monoisotopic (exact) mass is 462 g/mol. The van der Waals surface area contributed by atoms with Gasteiger partial charge in [0, 0.05) is 10.0 Å². The van der Waals surface area contributed by atoms with E-state index in [-0.39, 0.29) is 11.6 Å². The van der Waals surface area contributed by atoms with E-state index in [1.807, 2.05) is 49.4 Å². The summed E-state index contributed by atoms with van der Waals surface area (Å²) in [6.45, 7) is 1.87. The van der Waals surface area contributed by atoms with Crippen molar-refractivity contribution >= 4 is 43.8 Å². The molecule has 0 saturated carbocycles. The van der Waals surface area contributed by atoms with Crippen molar-refractivity contribution in [2.75, 3.05) is 7.11 Å². The Kier molecular flexibility index (Phi) is 6.80. The average Bonchev–Trinajstić information content (AvgIpc) is 2.59. The molecule has 0 saturated heterocycles. The first-order valence-corrected chi connectivity index (χ1v) is 9.05. The molecule has 0 aromatic heterocycles. The summed E-state index contributed by atoms with van der Waals surface area (Å²) in [6.07, 6.45) is 1.52. The minimum Gasteiger partial charge on any atom is -0.495 e. The maximum Gasteiger partial charge on any atom is 0.262 e. The van der Waals surface area contributed by atoms with Crippen LogP contribution in [0.3, 0.4) is 0 Å². The molecule has 0 bridgehead atoms. The number of amides is 1. The Morgan fingerprint density at radius 3 is 2.56 bits per heavy atom. The summed E-state index contributed by atoms with van der Waals surface area (Å²) in [5, 5.41) is 12.2. The van der Waals surface area contributed by atoms with E-state index in [4.69, 9.17) is 4.74 Å². The number of hydrogen-bond acceptors (Lipinski definition) is 3. The summed E-state index contributed by atoms with van der Waals surface area (Å²) >= 11 is 6.81. The highest BCUT2D eigenvalue weighted by Crippen LogP contribution is 2.34. The SMILES string of the molecule is COc1c(Br)cc(Br)cc1/C=C(\C#N)C(=O)NC(C)c1ccccc1. The van der Waals surface area contributed by atoms with Gasteiger partial charge in [-0.25, -0.2) is 0 Å². The molecule has 0 spiro atoms. The van der Waals surface area contributed by atoms with Crippen LogP contribution in [0.2, 0.25) is 0 Å². The highest BCUT2D eigenvalue weighted by atomic mass is 79.9. The van der Waals surface area contributed by atoms with Gasteiger partial charge in [0.2, 0.25) is 0 Å². The van der Waals surface area contributed by atoms with Gasteiger partial charge in [0.25, 0.3) is 5.91 Å². The Bertz CT molecular complexity index is 842. The lowest BCUT2D eigenvalue weighted by molar-refractivity contribution is -0.117. The number of methoxy groups -OCH3 is 1. The van der Waals surface area contributed by atoms with Crippen LogP contribution >= 0.6 is 31.9 Å². The van der Waals surface area contributed by atoms with Crippen LogP contribution in [0.4, 0.5) is 0 Å². The van der Waals surface area contributed by atoms with Crippen LogP contribution < -0.4 is 10.1 Å². The van der Waals surface area contributed by atoms with Crippen molar-refractivity contribution in [1.82, 2.24) is 5.32 Å². The van der Waals surface area contributed by atoms with Crippen molar-refractivity contribution in [2.45, 2.75) is 13.0 Å². The quantitative estimate of drug-likeness (QED) is 0.501. The number of ether oxygens (including phenoxy) is 1. The Labute approximate surface area is 163 Å². The van der Waals surface area contributed by atoms with E-state index in [0.717, 1.165) is 14.5 Å². The highest BCUT2D eigenvalue weighted by Gasteiger charge is 2.15. The zero-order valence-corrected chi connectivity index (χ0v) is 16.9. The van der Waals surface area contributed by atoms with Gasteiger partial charge in [-0.05, 0) is 46.6 Å². The van der Waals surface area contributed by atoms with E-state index < -0.39 is 5.91 Å². The molecule has 0 heterocycles. The van der Waals surface area contributed by atoms with Crippen LogP contribution in [0, 0.1) is 11.3 Å². The Hall–Kier alpha value is -2.10. The first kappa shape index (κ1) is 19.2. The van der Waals surface area contributed by atoms with E-state index in [2.05, 4.69) is 37.2 Å². The molecule has 0 aliphatic carbocycles. The van der Waals surface area contributed by atoms with Crippen LogP contribution in [0.15, 0.2) is 57.0 Å². The summed E-state index contributed by atoms with van der Waals surface area (Å²) in [5.74, 6) is 0.122. The summed E-state index contributed by atoms with van der Waals surface area (Å²) in [6, 6.07) is 14.9. The molecular formula is C19H16Br2N2O2. The van der Waals surface area contributed by atoms with Crippen molar-refractivity contribution in [2.24, 2.45) is 0 Å². The lowest BCUT2D eigenvalue weighted by Crippen LogP contribution is -2.27. The molecule has 2 rings (SSSR count). The molecule has 1 atom stereocenters. The molecule has 0 radical (unpaired) electrons. The lowest BCUT2D eigenvalue weighted by Gasteiger charge is -2.14. The molecule has 1 N–H and O–H groups in total. The topological polar surface area (TPSA) is 62.1 Å². The minimum atomic E-state index is -0.433. The Balaban J connectivity index is 2.29. The van der Waals surface area contributed by atoms with Crippen LogP contribution in [0.25, 0.3) is 6.08 Å². The summed E-state index contributed by atoms with van der Waals surface area (Å²) in [7, 11) is 1.54. The van der Waals surface area contributed by atoms with E-state index in [1.54, 1.807) is 6.07 Å². The second-order valence-corrected chi connectivity index (χ2v) is 7.06. The van der Waals surface area contributed by atoms with Crippen molar-refractivity contribution in [3.63, 3.8) is 0 Å². The molecular weight excluding hydrogens is 448 g/mol. The third-order valence-electron chi connectivity index (χ3n) is 3.55. The molecule has 2 aromatic rings. The molecule has 0 aliphatic heterocycles. The smallest absolute Gasteiger partial charge is 0.262 e. The fourth-order valence-corrected chi connectivity index (χ4v) is 3.73. The number of nitrogens with zero attached hydrogens (tertiary/aromatic N) is 1. The van der Waals surface area contributed by atoms with E-state index >= 15 is 0 Å². The van der Waals surface area contributed by atoms with Gasteiger partial charge in [0.1, 0.15) is 17.4 Å². The van der Waals surface area contributed by atoms with Crippen molar-refractivity contribution in [1.29, 1.82) is 5.26 Å². The predicted octanol–water partition coefficient (Wildman–Crippen LogP) is 5.00. The Morgan fingerprint density at radius 2 is 1.96 bits per heavy atom. The fraction of sp³-hybridized carbons (Fsp3) is 0.158. The third kappa shape index (κ3) is 4.94. The van der Waals surface area contributed by atoms with E-state index in [1.165, 1.54) is 13.2 Å². The molecule has 1 amide bonds. The van der Waals surface area contributed by atoms with Gasteiger partial charge >= 0.3 is 0 Å². The number of carbonyl (C=O) groups is 1. The maximum absolute atomic E-state index is 12.5. The molecule has 2 aromatic carbocycles. The van der Waals surface area contributed by atoms with Gasteiger partial charge in [0.15, 0.2) is 0 Å². The van der Waals surface area contributed by atoms with Crippen molar-refractivity contribution in [3.05, 3.63) is 68.1 Å². The number of rotatable bonds is 5. The summed E-state index contributed by atoms with van der Waals surface area (Å²) < 4.78 is 6.89. The second kappa shape index (κ2) is 8.84. The number of carbonyl (C=O) groups excluding carboxylic acids is 1. The first-order chi connectivity index (χ1) is 12.0. The summed E-state index contributed by atoms with van der Waals surface area (Å²) in [4.78, 5) is 12.5. The molecule has 0 aliphatic rings.